The van der Waals surface area contributed by atoms with E-state index in [1.807, 2.05) is 25.1 Å². The molecule has 2 unspecified atom stereocenters. The Labute approximate surface area is 127 Å². The molecule has 3 heteroatoms. The number of hydrogen-bond donors (Lipinski definition) is 1. The smallest absolute Gasteiger partial charge is 0.254 e. The summed E-state index contributed by atoms with van der Waals surface area (Å²) in [6, 6.07) is 6.50. The second kappa shape index (κ2) is 6.78. The first-order chi connectivity index (χ1) is 10.1. The minimum Gasteiger partial charge on any atom is -0.333 e. The maximum absolute atomic E-state index is 12.9. The van der Waals surface area contributed by atoms with Crippen molar-refractivity contribution in [1.29, 1.82) is 0 Å². The lowest BCUT2D eigenvalue weighted by molar-refractivity contribution is 0.0675. The monoisotopic (exact) mass is 284 g/mol. The maximum Gasteiger partial charge on any atom is 0.254 e. The van der Waals surface area contributed by atoms with Crippen molar-refractivity contribution < 1.29 is 4.79 Å². The second-order valence-electron chi connectivity index (χ2n) is 5.74. The molecule has 2 N–H and O–H groups in total. The highest BCUT2D eigenvalue weighted by Crippen LogP contribution is 2.28. The van der Waals surface area contributed by atoms with Gasteiger partial charge in [0.05, 0.1) is 6.54 Å². The molecule has 112 valence electrons. The summed E-state index contributed by atoms with van der Waals surface area (Å²) >= 11 is 0. The van der Waals surface area contributed by atoms with Gasteiger partial charge in [-0.2, -0.15) is 0 Å². The number of nitrogens with two attached hydrogens (primary N) is 1. The third-order valence-electron chi connectivity index (χ3n) is 4.29. The van der Waals surface area contributed by atoms with E-state index in [-0.39, 0.29) is 5.91 Å². The summed E-state index contributed by atoms with van der Waals surface area (Å²) in [5.41, 5.74) is 8.04. The summed E-state index contributed by atoms with van der Waals surface area (Å²) in [6.07, 6.45) is 3.22. The zero-order valence-corrected chi connectivity index (χ0v) is 13.1. The van der Waals surface area contributed by atoms with Crippen LogP contribution in [0.25, 0.3) is 0 Å². The highest BCUT2D eigenvalue weighted by Gasteiger charge is 2.34. The van der Waals surface area contributed by atoms with Crippen LogP contribution in [-0.2, 0) is 0 Å². The molecule has 0 spiro atoms. The van der Waals surface area contributed by atoms with Crippen molar-refractivity contribution in [2.75, 3.05) is 6.54 Å². The molecule has 1 aromatic rings. The third kappa shape index (κ3) is 3.28. The number of carbonyl (C=O) groups excluding carboxylic acids is 1. The topological polar surface area (TPSA) is 46.3 Å². The van der Waals surface area contributed by atoms with Crippen LogP contribution in [0.15, 0.2) is 18.2 Å². The number of benzene rings is 1. The van der Waals surface area contributed by atoms with E-state index < -0.39 is 0 Å². The number of aryl methyl sites for hydroxylation is 1. The average Bonchev–Trinajstić information content (AvgIpc) is 2.86. The van der Waals surface area contributed by atoms with Gasteiger partial charge in [0.25, 0.3) is 5.91 Å². The van der Waals surface area contributed by atoms with Gasteiger partial charge in [-0.25, -0.2) is 0 Å². The zero-order chi connectivity index (χ0) is 15.4. The fraction of sp³-hybridized carbons (Fsp3) is 0.500. The normalized spacial score (nSPS) is 21.0. The van der Waals surface area contributed by atoms with Crippen molar-refractivity contribution in [3.8, 4) is 11.8 Å². The largest absolute Gasteiger partial charge is 0.333 e. The standard InChI is InChI=1S/C18H24N2O/c1-4-16-10-8-14(3)20(16)18(21)17-12-15(6-5-11-19)9-7-13(17)2/h7,9,12,14,16H,4,8,10-11,19H2,1-3H3. The molecular weight excluding hydrogens is 260 g/mol. The van der Waals surface area contributed by atoms with Gasteiger partial charge in [0.2, 0.25) is 0 Å². The van der Waals surface area contributed by atoms with Crippen LogP contribution in [0, 0.1) is 18.8 Å². The summed E-state index contributed by atoms with van der Waals surface area (Å²) in [6.45, 7) is 6.60. The van der Waals surface area contributed by atoms with Gasteiger partial charge in [0, 0.05) is 23.2 Å². The average molecular weight is 284 g/mol. The van der Waals surface area contributed by atoms with Crippen molar-refractivity contribution in [2.45, 2.75) is 52.1 Å². The number of likely N-dealkylation sites (tertiary alicyclic amines) is 1. The Balaban J connectivity index is 2.34. The van der Waals surface area contributed by atoms with E-state index in [9.17, 15) is 4.79 Å². The highest BCUT2D eigenvalue weighted by molar-refractivity contribution is 5.96. The van der Waals surface area contributed by atoms with E-state index in [4.69, 9.17) is 5.73 Å². The summed E-state index contributed by atoms with van der Waals surface area (Å²) in [7, 11) is 0. The number of nitrogens with zero attached hydrogens (tertiary/aromatic N) is 1. The van der Waals surface area contributed by atoms with Gasteiger partial charge < -0.3 is 10.6 Å². The van der Waals surface area contributed by atoms with Crippen LogP contribution in [0.3, 0.4) is 0 Å². The summed E-state index contributed by atoms with van der Waals surface area (Å²) in [4.78, 5) is 15.0. The number of amides is 1. The van der Waals surface area contributed by atoms with Crippen molar-refractivity contribution >= 4 is 5.91 Å². The lowest BCUT2D eigenvalue weighted by Gasteiger charge is -2.28. The molecule has 1 fully saturated rings. The van der Waals surface area contributed by atoms with Crippen molar-refractivity contribution in [2.24, 2.45) is 5.73 Å². The number of hydrogen-bond acceptors (Lipinski definition) is 2. The molecule has 1 aromatic carbocycles. The van der Waals surface area contributed by atoms with E-state index in [1.54, 1.807) is 0 Å². The summed E-state index contributed by atoms with van der Waals surface area (Å²) < 4.78 is 0. The number of carbonyl (C=O) groups is 1. The molecule has 0 bridgehead atoms. The molecule has 1 heterocycles. The lowest BCUT2D eigenvalue weighted by atomic mass is 10.0. The molecule has 2 rings (SSSR count). The SMILES string of the molecule is CCC1CCC(C)N1C(=O)c1cc(C#CCN)ccc1C. The fourth-order valence-electron chi connectivity index (χ4n) is 3.06. The fourth-order valence-corrected chi connectivity index (χ4v) is 3.06. The molecule has 1 aliphatic rings. The van der Waals surface area contributed by atoms with Gasteiger partial charge in [-0.3, -0.25) is 4.79 Å². The van der Waals surface area contributed by atoms with Crippen LogP contribution < -0.4 is 5.73 Å². The van der Waals surface area contributed by atoms with Crippen LogP contribution in [0.5, 0.6) is 0 Å². The molecule has 3 nitrogen and oxygen atoms in total. The van der Waals surface area contributed by atoms with E-state index in [1.165, 1.54) is 0 Å². The van der Waals surface area contributed by atoms with Crippen molar-refractivity contribution in [3.63, 3.8) is 0 Å². The minimum absolute atomic E-state index is 0.140. The Morgan fingerprint density at radius 3 is 2.86 bits per heavy atom. The number of rotatable bonds is 2. The van der Waals surface area contributed by atoms with E-state index in [0.29, 0.717) is 18.6 Å². The first-order valence-electron chi connectivity index (χ1n) is 7.70. The summed E-state index contributed by atoms with van der Waals surface area (Å²) in [5, 5.41) is 0. The van der Waals surface area contributed by atoms with Gasteiger partial charge >= 0.3 is 0 Å². The molecule has 0 aliphatic carbocycles. The predicted molar refractivity (Wildman–Crippen MR) is 86.1 cm³/mol. The molecule has 1 aliphatic heterocycles. The first kappa shape index (κ1) is 15.6. The Bertz CT molecular complexity index is 583. The van der Waals surface area contributed by atoms with Crippen LogP contribution in [-0.4, -0.2) is 29.4 Å². The van der Waals surface area contributed by atoms with Crippen LogP contribution in [0.2, 0.25) is 0 Å². The lowest BCUT2D eigenvalue weighted by Crippen LogP contribution is -2.40. The molecule has 21 heavy (non-hydrogen) atoms. The Morgan fingerprint density at radius 1 is 1.43 bits per heavy atom. The molecule has 1 saturated heterocycles. The first-order valence-corrected chi connectivity index (χ1v) is 7.70. The van der Waals surface area contributed by atoms with Crippen molar-refractivity contribution in [3.05, 3.63) is 34.9 Å². The van der Waals surface area contributed by atoms with E-state index in [0.717, 1.165) is 36.0 Å². The Kier molecular flexibility index (Phi) is 5.03. The molecular formula is C18H24N2O. The predicted octanol–water partition coefficient (Wildman–Crippen LogP) is 2.71. The van der Waals surface area contributed by atoms with E-state index in [2.05, 4.69) is 30.6 Å². The second-order valence-corrected chi connectivity index (χ2v) is 5.74. The van der Waals surface area contributed by atoms with Crippen LogP contribution in [0.1, 0.15) is 54.6 Å². The molecule has 2 atom stereocenters. The maximum atomic E-state index is 12.9. The van der Waals surface area contributed by atoms with Gasteiger partial charge in [0.15, 0.2) is 0 Å². The van der Waals surface area contributed by atoms with Gasteiger partial charge in [-0.1, -0.05) is 24.8 Å². The highest BCUT2D eigenvalue weighted by atomic mass is 16.2. The van der Waals surface area contributed by atoms with Crippen LogP contribution in [0.4, 0.5) is 0 Å². The molecule has 0 radical (unpaired) electrons. The van der Waals surface area contributed by atoms with Crippen molar-refractivity contribution in [1.82, 2.24) is 4.90 Å². The zero-order valence-electron chi connectivity index (χ0n) is 13.1. The van der Waals surface area contributed by atoms with Gasteiger partial charge in [0.1, 0.15) is 0 Å². The van der Waals surface area contributed by atoms with Gasteiger partial charge in [-0.15, -0.1) is 0 Å². The molecule has 0 aromatic heterocycles. The quantitative estimate of drug-likeness (QED) is 0.849. The van der Waals surface area contributed by atoms with Crippen LogP contribution >= 0.6 is 0 Å². The minimum atomic E-state index is 0.140. The van der Waals surface area contributed by atoms with Gasteiger partial charge in [-0.05, 0) is 50.8 Å². The Morgan fingerprint density at radius 2 is 2.19 bits per heavy atom. The van der Waals surface area contributed by atoms with E-state index >= 15 is 0 Å². The Hall–Kier alpha value is -1.79. The third-order valence-corrected chi connectivity index (χ3v) is 4.29. The summed E-state index contributed by atoms with van der Waals surface area (Å²) in [5.74, 6) is 5.99. The molecule has 1 amide bonds. The molecule has 0 saturated carbocycles.